The molecule has 1 amide bonds. The van der Waals surface area contributed by atoms with Crippen molar-refractivity contribution in [3.63, 3.8) is 0 Å². The maximum Gasteiger partial charge on any atom is 0.260 e. The topological polar surface area (TPSA) is 70.6 Å². The van der Waals surface area contributed by atoms with Gasteiger partial charge >= 0.3 is 0 Å². The van der Waals surface area contributed by atoms with Crippen LogP contribution in [-0.4, -0.2) is 56.6 Å². The van der Waals surface area contributed by atoms with Gasteiger partial charge in [0.2, 0.25) is 0 Å². The molecule has 1 aromatic heterocycles. The van der Waals surface area contributed by atoms with Crippen molar-refractivity contribution in [2.45, 2.75) is 18.7 Å². The minimum atomic E-state index is -3.42. The van der Waals surface area contributed by atoms with Gasteiger partial charge in [-0.25, -0.2) is 13.4 Å². The van der Waals surface area contributed by atoms with Crippen LogP contribution in [0, 0.1) is 0 Å². The Morgan fingerprint density at radius 1 is 1.10 bits per heavy atom. The van der Waals surface area contributed by atoms with E-state index in [1.807, 2.05) is 12.1 Å². The largest absolute Gasteiger partial charge is 0.302 e. The maximum absolute atomic E-state index is 13.4. The summed E-state index contributed by atoms with van der Waals surface area (Å²) in [5, 5.41) is 1.07. The van der Waals surface area contributed by atoms with E-state index in [-0.39, 0.29) is 10.8 Å². The van der Waals surface area contributed by atoms with Crippen molar-refractivity contribution in [3.05, 3.63) is 53.1 Å². The van der Waals surface area contributed by atoms with Gasteiger partial charge < -0.3 is 4.90 Å². The molecule has 6 nitrogen and oxygen atoms in total. The molecule has 0 spiro atoms. The van der Waals surface area contributed by atoms with E-state index in [0.29, 0.717) is 34.3 Å². The van der Waals surface area contributed by atoms with E-state index in [1.165, 1.54) is 23.5 Å². The number of fused-ring (bicyclic) bond motifs is 1. The van der Waals surface area contributed by atoms with Gasteiger partial charge in [-0.15, -0.1) is 0 Å². The number of para-hydroxylation sites is 1. The number of carbonyl (C=O) groups excluding carboxylic acids is 1. The molecule has 0 aliphatic rings. The lowest BCUT2D eigenvalue weighted by Crippen LogP contribution is -2.38. The van der Waals surface area contributed by atoms with Gasteiger partial charge in [0.1, 0.15) is 5.52 Å². The van der Waals surface area contributed by atoms with E-state index in [9.17, 15) is 13.2 Å². The van der Waals surface area contributed by atoms with Crippen molar-refractivity contribution in [2.75, 3.05) is 37.3 Å². The van der Waals surface area contributed by atoms with Crippen molar-refractivity contribution >= 4 is 54.0 Å². The van der Waals surface area contributed by atoms with Crippen LogP contribution in [0.15, 0.2) is 47.4 Å². The van der Waals surface area contributed by atoms with Crippen LogP contribution in [-0.2, 0) is 9.84 Å². The van der Waals surface area contributed by atoms with Crippen LogP contribution >= 0.6 is 22.9 Å². The summed E-state index contributed by atoms with van der Waals surface area (Å²) in [6, 6.07) is 11.7. The Kier molecular flexibility index (Phi) is 7.13. The summed E-state index contributed by atoms with van der Waals surface area (Å²) in [7, 11) is -3.42. The second kappa shape index (κ2) is 9.43. The van der Waals surface area contributed by atoms with E-state index in [1.54, 1.807) is 23.1 Å². The Morgan fingerprint density at radius 3 is 2.43 bits per heavy atom. The fraction of sp³-hybridized carbons (Fsp3) is 0.333. The average molecular weight is 466 g/mol. The number of rotatable bonds is 8. The molecule has 9 heteroatoms. The summed E-state index contributed by atoms with van der Waals surface area (Å²) in [6.45, 7) is 6.99. The summed E-state index contributed by atoms with van der Waals surface area (Å²) < 4.78 is 24.8. The van der Waals surface area contributed by atoms with Crippen LogP contribution < -0.4 is 4.90 Å². The molecule has 0 saturated carbocycles. The third kappa shape index (κ3) is 5.00. The second-order valence-corrected chi connectivity index (χ2v) is 10.3. The zero-order valence-electron chi connectivity index (χ0n) is 17.1. The minimum Gasteiger partial charge on any atom is -0.302 e. The number of likely N-dealkylation sites (N-methyl/N-ethyl adjacent to an activating group) is 1. The van der Waals surface area contributed by atoms with Gasteiger partial charge in [-0.2, -0.15) is 0 Å². The fourth-order valence-electron chi connectivity index (χ4n) is 3.10. The first-order valence-electron chi connectivity index (χ1n) is 9.64. The molecular formula is C21H24ClN3O3S2. The molecule has 3 rings (SSSR count). The van der Waals surface area contributed by atoms with Gasteiger partial charge in [0.05, 0.1) is 14.6 Å². The Hall–Kier alpha value is -2.00. The number of hydrogen-bond donors (Lipinski definition) is 0. The highest BCUT2D eigenvalue weighted by atomic mass is 35.5. The van der Waals surface area contributed by atoms with E-state index in [4.69, 9.17) is 11.6 Å². The molecule has 0 aliphatic heterocycles. The molecular weight excluding hydrogens is 442 g/mol. The predicted octanol–water partition coefficient (Wildman–Crippen LogP) is 4.34. The first-order chi connectivity index (χ1) is 14.2. The molecule has 0 fully saturated rings. The monoisotopic (exact) mass is 465 g/mol. The highest BCUT2D eigenvalue weighted by Crippen LogP contribution is 2.33. The van der Waals surface area contributed by atoms with Gasteiger partial charge in [0, 0.05) is 24.9 Å². The number of nitrogens with zero attached hydrogens (tertiary/aromatic N) is 3. The first-order valence-corrected chi connectivity index (χ1v) is 12.7. The maximum atomic E-state index is 13.4. The van der Waals surface area contributed by atoms with Gasteiger partial charge in [0.15, 0.2) is 15.0 Å². The summed E-state index contributed by atoms with van der Waals surface area (Å²) in [6.07, 6.45) is 1.13. The molecule has 2 aromatic carbocycles. The number of amides is 1. The van der Waals surface area contributed by atoms with E-state index in [2.05, 4.69) is 23.7 Å². The average Bonchev–Trinajstić information content (AvgIpc) is 3.16. The van der Waals surface area contributed by atoms with Crippen molar-refractivity contribution in [1.82, 2.24) is 9.88 Å². The Labute approximate surface area is 186 Å². The number of sulfone groups is 1. The van der Waals surface area contributed by atoms with Crippen molar-refractivity contribution < 1.29 is 13.2 Å². The molecule has 160 valence electrons. The molecule has 1 heterocycles. The number of anilines is 1. The number of carbonyl (C=O) groups is 1. The highest BCUT2D eigenvalue weighted by Gasteiger charge is 2.23. The Balaban J connectivity index is 2.02. The number of hydrogen-bond acceptors (Lipinski definition) is 6. The third-order valence-electron chi connectivity index (χ3n) is 4.88. The zero-order chi connectivity index (χ0) is 21.9. The van der Waals surface area contributed by atoms with Gasteiger partial charge in [0.25, 0.3) is 5.91 Å². The summed E-state index contributed by atoms with van der Waals surface area (Å²) in [5.41, 5.74) is 0.965. The molecule has 0 N–H and O–H groups in total. The standard InChI is InChI=1S/C21H24ClN3O3S2/c1-4-24(5-2)12-13-25(21-23-19-17(22)10-7-11-18(19)29-21)20(26)15-8-6-9-16(14-15)30(3,27)28/h6-11,14H,4-5,12-13H2,1-3H3. The minimum absolute atomic E-state index is 0.115. The van der Waals surface area contributed by atoms with E-state index < -0.39 is 9.84 Å². The van der Waals surface area contributed by atoms with E-state index >= 15 is 0 Å². The van der Waals surface area contributed by atoms with Gasteiger partial charge in [-0.3, -0.25) is 9.69 Å². The Morgan fingerprint density at radius 2 is 1.80 bits per heavy atom. The van der Waals surface area contributed by atoms with Crippen LogP contribution in [0.1, 0.15) is 24.2 Å². The van der Waals surface area contributed by atoms with Crippen LogP contribution in [0.2, 0.25) is 5.02 Å². The SMILES string of the molecule is CCN(CC)CCN(C(=O)c1cccc(S(C)(=O)=O)c1)c1nc2c(Cl)cccc2s1. The molecule has 0 bridgehead atoms. The van der Waals surface area contributed by atoms with Crippen LogP contribution in [0.5, 0.6) is 0 Å². The van der Waals surface area contributed by atoms with Crippen molar-refractivity contribution in [2.24, 2.45) is 0 Å². The number of thiazole rings is 1. The van der Waals surface area contributed by atoms with Crippen LogP contribution in [0.4, 0.5) is 5.13 Å². The van der Waals surface area contributed by atoms with Crippen molar-refractivity contribution in [1.29, 1.82) is 0 Å². The molecule has 0 unspecified atom stereocenters. The molecule has 0 aliphatic carbocycles. The lowest BCUT2D eigenvalue weighted by atomic mass is 10.2. The number of halogens is 1. The summed E-state index contributed by atoms with van der Waals surface area (Å²) in [4.78, 5) is 22.0. The second-order valence-electron chi connectivity index (χ2n) is 6.87. The Bertz CT molecular complexity index is 1160. The lowest BCUT2D eigenvalue weighted by molar-refractivity contribution is 0.0983. The number of aromatic nitrogens is 1. The first kappa shape index (κ1) is 22.7. The molecule has 0 saturated heterocycles. The van der Waals surface area contributed by atoms with Gasteiger partial charge in [-0.05, 0) is 43.4 Å². The fourth-order valence-corrected chi connectivity index (χ4v) is 5.06. The van der Waals surface area contributed by atoms with Crippen LogP contribution in [0.25, 0.3) is 10.2 Å². The van der Waals surface area contributed by atoms with Gasteiger partial charge in [-0.1, -0.05) is 48.9 Å². The predicted molar refractivity (Wildman–Crippen MR) is 124 cm³/mol. The summed E-state index contributed by atoms with van der Waals surface area (Å²) >= 11 is 7.67. The normalized spacial score (nSPS) is 11.9. The number of benzene rings is 2. The third-order valence-corrected chi connectivity index (χ3v) is 7.34. The van der Waals surface area contributed by atoms with Crippen molar-refractivity contribution in [3.8, 4) is 0 Å². The molecule has 3 aromatic rings. The quantitative estimate of drug-likeness (QED) is 0.494. The van der Waals surface area contributed by atoms with E-state index in [0.717, 1.165) is 24.0 Å². The molecule has 0 radical (unpaired) electrons. The highest BCUT2D eigenvalue weighted by molar-refractivity contribution is 7.90. The lowest BCUT2D eigenvalue weighted by Gasteiger charge is -2.24. The summed E-state index contributed by atoms with van der Waals surface area (Å²) in [5.74, 6) is -0.289. The molecule has 0 atom stereocenters. The zero-order valence-corrected chi connectivity index (χ0v) is 19.5. The molecule has 30 heavy (non-hydrogen) atoms. The smallest absolute Gasteiger partial charge is 0.260 e. The van der Waals surface area contributed by atoms with Crippen LogP contribution in [0.3, 0.4) is 0 Å².